The van der Waals surface area contributed by atoms with E-state index in [2.05, 4.69) is 10.3 Å². The minimum Gasteiger partial charge on any atom is -0.364 e. The number of alkyl halides is 3. The molecule has 7 heteroatoms. The molecule has 2 saturated carbocycles. The van der Waals surface area contributed by atoms with Gasteiger partial charge in [-0.15, -0.1) is 0 Å². The molecule has 20 heavy (non-hydrogen) atoms. The Bertz CT molecular complexity index is 465. The first kappa shape index (κ1) is 14.2. The van der Waals surface area contributed by atoms with Crippen LogP contribution in [0.5, 0.6) is 0 Å². The molecule has 1 unspecified atom stereocenters. The van der Waals surface area contributed by atoms with Crippen LogP contribution in [0.3, 0.4) is 0 Å². The number of nitrogens with zero attached hydrogens (tertiary/aromatic N) is 1. The Morgan fingerprint density at radius 1 is 1.40 bits per heavy atom. The zero-order valence-corrected chi connectivity index (χ0v) is 12.0. The van der Waals surface area contributed by atoms with Gasteiger partial charge in [0.2, 0.25) is 0 Å². The number of aliphatic imine (C=N–C) groups is 1. The molecule has 2 bridgehead atoms. The van der Waals surface area contributed by atoms with Crippen LogP contribution in [0, 0.1) is 17.8 Å². The molecule has 3 aliphatic rings. The first-order valence-corrected chi connectivity index (χ1v) is 7.74. The number of thioether (sulfide) groups is 1. The SMILES string of the molecule is C[C@]1(C(F)(F)F)SC(NCC2C[C@@H]3CC[C@H]2C3)=NC1=O. The van der Waals surface area contributed by atoms with E-state index in [9.17, 15) is 18.0 Å². The summed E-state index contributed by atoms with van der Waals surface area (Å²) in [6.45, 7) is 1.53. The smallest absolute Gasteiger partial charge is 0.364 e. The third-order valence-electron chi connectivity index (χ3n) is 4.85. The van der Waals surface area contributed by atoms with Crippen molar-refractivity contribution in [3.63, 3.8) is 0 Å². The molecule has 0 aromatic rings. The van der Waals surface area contributed by atoms with Crippen molar-refractivity contribution < 1.29 is 18.0 Å². The zero-order valence-electron chi connectivity index (χ0n) is 11.2. The number of hydrogen-bond donors (Lipinski definition) is 1. The summed E-state index contributed by atoms with van der Waals surface area (Å²) in [6.07, 6.45) is 0.358. The molecule has 0 aromatic heterocycles. The predicted octanol–water partition coefficient (Wildman–Crippen LogP) is 2.96. The highest BCUT2D eigenvalue weighted by Crippen LogP contribution is 2.49. The van der Waals surface area contributed by atoms with E-state index in [1.54, 1.807) is 0 Å². The Hall–Kier alpha value is -0.720. The average molecular weight is 306 g/mol. The Kier molecular flexibility index (Phi) is 3.30. The van der Waals surface area contributed by atoms with E-state index < -0.39 is 16.8 Å². The van der Waals surface area contributed by atoms with Crippen molar-refractivity contribution in [3.8, 4) is 0 Å². The molecule has 0 aromatic carbocycles. The number of nitrogens with one attached hydrogen (secondary N) is 1. The third-order valence-corrected chi connectivity index (χ3v) is 6.10. The van der Waals surface area contributed by atoms with E-state index in [0.29, 0.717) is 30.1 Å². The Balaban J connectivity index is 1.57. The van der Waals surface area contributed by atoms with Crippen molar-refractivity contribution in [3.05, 3.63) is 0 Å². The van der Waals surface area contributed by atoms with Crippen LogP contribution in [0.25, 0.3) is 0 Å². The van der Waals surface area contributed by atoms with Gasteiger partial charge in [-0.1, -0.05) is 18.2 Å². The summed E-state index contributed by atoms with van der Waals surface area (Å²) in [7, 11) is 0. The van der Waals surface area contributed by atoms with E-state index in [1.807, 2.05) is 0 Å². The number of carbonyl (C=O) groups excluding carboxylic acids is 1. The number of halogens is 3. The minimum atomic E-state index is -4.58. The fourth-order valence-corrected chi connectivity index (χ4v) is 4.48. The highest BCUT2D eigenvalue weighted by atomic mass is 32.2. The quantitative estimate of drug-likeness (QED) is 0.853. The molecule has 1 heterocycles. The van der Waals surface area contributed by atoms with Crippen molar-refractivity contribution in [1.29, 1.82) is 0 Å². The summed E-state index contributed by atoms with van der Waals surface area (Å²) in [5, 5.41) is 3.08. The van der Waals surface area contributed by atoms with E-state index in [4.69, 9.17) is 0 Å². The third kappa shape index (κ3) is 2.23. The number of amides is 1. The average Bonchev–Trinajstić information content (AvgIpc) is 3.01. The van der Waals surface area contributed by atoms with Gasteiger partial charge in [-0.2, -0.15) is 18.2 Å². The summed E-state index contributed by atoms with van der Waals surface area (Å²) >= 11 is 0.496. The number of amidine groups is 1. The van der Waals surface area contributed by atoms with E-state index in [-0.39, 0.29) is 5.17 Å². The fraction of sp³-hybridized carbons (Fsp3) is 0.846. The Morgan fingerprint density at radius 2 is 2.15 bits per heavy atom. The maximum absolute atomic E-state index is 12.9. The molecule has 3 rings (SSSR count). The molecule has 0 spiro atoms. The number of fused-ring (bicyclic) bond motifs is 2. The highest BCUT2D eigenvalue weighted by molar-refractivity contribution is 8.16. The summed E-state index contributed by atoms with van der Waals surface area (Å²) in [5.41, 5.74) is 0. The van der Waals surface area contributed by atoms with Crippen molar-refractivity contribution in [2.45, 2.75) is 43.5 Å². The standard InChI is InChI=1S/C13H17F3N2OS/c1-12(13(14,15)16)10(19)18-11(20-12)17-6-9-5-7-2-3-8(9)4-7/h7-9H,2-6H2,1H3,(H,17,18,19)/t7-,8+,9?,12+/m1/s1. The van der Waals surface area contributed by atoms with Gasteiger partial charge in [0.1, 0.15) is 0 Å². The van der Waals surface area contributed by atoms with Crippen LogP contribution in [0.1, 0.15) is 32.6 Å². The van der Waals surface area contributed by atoms with E-state index in [0.717, 1.165) is 19.3 Å². The summed E-state index contributed by atoms with van der Waals surface area (Å²) in [5.74, 6) is 0.909. The molecule has 112 valence electrons. The lowest BCUT2D eigenvalue weighted by Crippen LogP contribution is -2.44. The van der Waals surface area contributed by atoms with Crippen molar-refractivity contribution in [2.24, 2.45) is 22.7 Å². The van der Waals surface area contributed by atoms with Crippen molar-refractivity contribution in [2.75, 3.05) is 6.54 Å². The van der Waals surface area contributed by atoms with Crippen LogP contribution in [-0.4, -0.2) is 28.5 Å². The van der Waals surface area contributed by atoms with Crippen LogP contribution in [-0.2, 0) is 4.79 Å². The first-order valence-electron chi connectivity index (χ1n) is 6.92. The molecule has 1 N–H and O–H groups in total. The van der Waals surface area contributed by atoms with Crippen LogP contribution in [0.15, 0.2) is 4.99 Å². The maximum Gasteiger partial charge on any atom is 0.412 e. The molecule has 2 aliphatic carbocycles. The lowest BCUT2D eigenvalue weighted by Gasteiger charge is -2.24. The largest absolute Gasteiger partial charge is 0.412 e. The molecule has 0 saturated heterocycles. The molecular weight excluding hydrogens is 289 g/mol. The number of hydrogen-bond acceptors (Lipinski definition) is 3. The van der Waals surface area contributed by atoms with Crippen LogP contribution >= 0.6 is 11.8 Å². The summed E-state index contributed by atoms with van der Waals surface area (Å²) in [6, 6.07) is 0. The second kappa shape index (κ2) is 4.64. The number of rotatable bonds is 2. The normalized spacial score (nSPS) is 40.3. The Morgan fingerprint density at radius 3 is 2.65 bits per heavy atom. The predicted molar refractivity (Wildman–Crippen MR) is 71.4 cm³/mol. The molecule has 1 aliphatic heterocycles. The molecule has 0 radical (unpaired) electrons. The van der Waals surface area contributed by atoms with Crippen molar-refractivity contribution in [1.82, 2.24) is 5.32 Å². The van der Waals surface area contributed by atoms with Gasteiger partial charge in [0.15, 0.2) is 9.91 Å². The van der Waals surface area contributed by atoms with Gasteiger partial charge < -0.3 is 5.32 Å². The van der Waals surface area contributed by atoms with Gasteiger partial charge in [0.05, 0.1) is 0 Å². The second-order valence-corrected chi connectivity index (χ2v) is 7.58. The molecule has 1 amide bonds. The lowest BCUT2D eigenvalue weighted by molar-refractivity contribution is -0.165. The lowest BCUT2D eigenvalue weighted by atomic mass is 9.89. The fourth-order valence-electron chi connectivity index (χ4n) is 3.56. The van der Waals surface area contributed by atoms with E-state index >= 15 is 0 Å². The van der Waals surface area contributed by atoms with Crippen LogP contribution < -0.4 is 5.32 Å². The van der Waals surface area contributed by atoms with Crippen molar-refractivity contribution >= 4 is 22.8 Å². The summed E-state index contributed by atoms with van der Waals surface area (Å²) < 4.78 is 36.2. The van der Waals surface area contributed by atoms with E-state index in [1.165, 1.54) is 19.3 Å². The second-order valence-electron chi connectivity index (χ2n) is 6.17. The van der Waals surface area contributed by atoms with Crippen LogP contribution in [0.2, 0.25) is 0 Å². The molecule has 2 fully saturated rings. The maximum atomic E-state index is 12.9. The van der Waals surface area contributed by atoms with Gasteiger partial charge in [-0.05, 0) is 43.9 Å². The molecule has 3 nitrogen and oxygen atoms in total. The molecular formula is C13H17F3N2OS. The Labute approximate surface area is 119 Å². The number of carbonyl (C=O) groups is 1. The van der Waals surface area contributed by atoms with Gasteiger partial charge in [-0.3, -0.25) is 4.79 Å². The highest BCUT2D eigenvalue weighted by Gasteiger charge is 2.61. The molecule has 4 atom stereocenters. The van der Waals surface area contributed by atoms with Gasteiger partial charge >= 0.3 is 6.18 Å². The van der Waals surface area contributed by atoms with Gasteiger partial charge in [0, 0.05) is 6.54 Å². The topological polar surface area (TPSA) is 41.5 Å². The van der Waals surface area contributed by atoms with Gasteiger partial charge in [0.25, 0.3) is 5.91 Å². The van der Waals surface area contributed by atoms with Gasteiger partial charge in [-0.25, -0.2) is 0 Å². The monoisotopic (exact) mass is 306 g/mol. The minimum absolute atomic E-state index is 0.123. The first-order chi connectivity index (χ1) is 9.29. The van der Waals surface area contributed by atoms with Crippen LogP contribution in [0.4, 0.5) is 13.2 Å². The zero-order chi connectivity index (χ0) is 14.5. The summed E-state index contributed by atoms with van der Waals surface area (Å²) in [4.78, 5) is 15.0.